The topological polar surface area (TPSA) is 61.7 Å². The van der Waals surface area contributed by atoms with Crippen molar-refractivity contribution in [3.05, 3.63) is 33.4 Å². The van der Waals surface area contributed by atoms with E-state index in [1.54, 1.807) is 0 Å². The summed E-state index contributed by atoms with van der Waals surface area (Å²) in [6.45, 7) is 10.2. The van der Waals surface area contributed by atoms with Gasteiger partial charge >= 0.3 is 0 Å². The van der Waals surface area contributed by atoms with Gasteiger partial charge in [-0.15, -0.1) is 0 Å². The second-order valence-corrected chi connectivity index (χ2v) is 5.39. The number of rotatable bonds is 5. The van der Waals surface area contributed by atoms with Crippen LogP contribution in [0.3, 0.4) is 0 Å². The quantitative estimate of drug-likeness (QED) is 0.920. The summed E-state index contributed by atoms with van der Waals surface area (Å²) in [5.41, 5.74) is 11.0. The Hall–Kier alpha value is -1.33. The molecule has 2 aromatic heterocycles. The summed E-state index contributed by atoms with van der Waals surface area (Å²) in [6.07, 6.45) is 0.859. The van der Waals surface area contributed by atoms with Crippen molar-refractivity contribution in [2.75, 3.05) is 6.54 Å². The minimum atomic E-state index is 0.639. The highest BCUT2D eigenvalue weighted by Crippen LogP contribution is 2.23. The zero-order valence-electron chi connectivity index (χ0n) is 12.6. The molecule has 2 aromatic rings. The van der Waals surface area contributed by atoms with Crippen LogP contribution < -0.4 is 5.73 Å². The normalized spacial score (nSPS) is 11.3. The van der Waals surface area contributed by atoms with Gasteiger partial charge in [-0.1, -0.05) is 11.6 Å². The molecule has 110 valence electrons. The van der Waals surface area contributed by atoms with E-state index in [0.29, 0.717) is 13.1 Å². The van der Waals surface area contributed by atoms with E-state index in [1.165, 1.54) is 5.56 Å². The van der Waals surface area contributed by atoms with Crippen molar-refractivity contribution in [1.82, 2.24) is 19.6 Å². The Balaban J connectivity index is 2.38. The molecule has 0 aromatic carbocycles. The maximum Gasteiger partial charge on any atom is 0.0866 e. The fraction of sp³-hybridized carbons (Fsp3) is 0.571. The number of aryl methyl sites for hydroxylation is 3. The Morgan fingerprint density at radius 1 is 1.10 bits per heavy atom. The number of nitrogens with two attached hydrogens (primary N) is 1. The van der Waals surface area contributed by atoms with Crippen molar-refractivity contribution in [3.8, 4) is 0 Å². The van der Waals surface area contributed by atoms with E-state index in [0.717, 1.165) is 40.8 Å². The van der Waals surface area contributed by atoms with Crippen molar-refractivity contribution in [3.63, 3.8) is 0 Å². The van der Waals surface area contributed by atoms with Crippen molar-refractivity contribution >= 4 is 11.6 Å². The highest BCUT2D eigenvalue weighted by Gasteiger charge is 2.16. The van der Waals surface area contributed by atoms with Crippen molar-refractivity contribution < 1.29 is 0 Å². The van der Waals surface area contributed by atoms with Gasteiger partial charge in [0.25, 0.3) is 0 Å². The van der Waals surface area contributed by atoms with Crippen LogP contribution >= 0.6 is 11.6 Å². The molecule has 0 spiro atoms. The summed E-state index contributed by atoms with van der Waals surface area (Å²) in [4.78, 5) is 0. The monoisotopic (exact) mass is 295 g/mol. The first-order valence-corrected chi connectivity index (χ1v) is 7.32. The summed E-state index contributed by atoms with van der Waals surface area (Å²) in [5, 5.41) is 9.79. The van der Waals surface area contributed by atoms with Gasteiger partial charge in [0.15, 0.2) is 0 Å². The Bertz CT molecular complexity index is 612. The molecular weight excluding hydrogens is 274 g/mol. The maximum atomic E-state index is 6.36. The summed E-state index contributed by atoms with van der Waals surface area (Å²) < 4.78 is 3.94. The first kappa shape index (κ1) is 15.1. The average molecular weight is 296 g/mol. The van der Waals surface area contributed by atoms with Crippen LogP contribution in [-0.4, -0.2) is 26.1 Å². The van der Waals surface area contributed by atoms with E-state index < -0.39 is 0 Å². The Labute approximate surface area is 124 Å². The van der Waals surface area contributed by atoms with Crippen LogP contribution in [0.15, 0.2) is 0 Å². The van der Waals surface area contributed by atoms with Crippen molar-refractivity contribution in [1.29, 1.82) is 0 Å². The molecule has 0 atom stereocenters. The lowest BCUT2D eigenvalue weighted by Gasteiger charge is -2.08. The Morgan fingerprint density at radius 2 is 1.75 bits per heavy atom. The van der Waals surface area contributed by atoms with Crippen LogP contribution in [0.25, 0.3) is 0 Å². The van der Waals surface area contributed by atoms with Crippen molar-refractivity contribution in [2.24, 2.45) is 5.73 Å². The molecule has 0 amide bonds. The molecule has 0 unspecified atom stereocenters. The first-order valence-electron chi connectivity index (χ1n) is 6.94. The number of halogens is 1. The van der Waals surface area contributed by atoms with Gasteiger partial charge in [0, 0.05) is 12.2 Å². The molecule has 6 heteroatoms. The predicted octanol–water partition coefficient (Wildman–Crippen LogP) is 2.23. The smallest absolute Gasteiger partial charge is 0.0866 e. The third-order valence-corrected chi connectivity index (χ3v) is 4.17. The van der Waals surface area contributed by atoms with Gasteiger partial charge in [0.1, 0.15) is 0 Å². The molecule has 2 N–H and O–H groups in total. The van der Waals surface area contributed by atoms with E-state index >= 15 is 0 Å². The summed E-state index contributed by atoms with van der Waals surface area (Å²) in [6, 6.07) is 0. The molecule has 0 aliphatic carbocycles. The molecule has 0 saturated heterocycles. The lowest BCUT2D eigenvalue weighted by molar-refractivity contribution is 0.566. The zero-order chi connectivity index (χ0) is 14.9. The molecule has 2 heterocycles. The average Bonchev–Trinajstić information content (AvgIpc) is 2.84. The van der Waals surface area contributed by atoms with E-state index in [4.69, 9.17) is 17.3 Å². The molecule has 5 nitrogen and oxygen atoms in total. The van der Waals surface area contributed by atoms with E-state index in [1.807, 2.05) is 23.2 Å². The largest absolute Gasteiger partial charge is 0.330 e. The van der Waals surface area contributed by atoms with Crippen LogP contribution in [0.2, 0.25) is 5.02 Å². The maximum absolute atomic E-state index is 6.36. The summed E-state index contributed by atoms with van der Waals surface area (Å²) >= 11 is 6.36. The minimum Gasteiger partial charge on any atom is -0.330 e. The van der Waals surface area contributed by atoms with E-state index in [-0.39, 0.29) is 0 Å². The first-order chi connectivity index (χ1) is 9.49. The van der Waals surface area contributed by atoms with Gasteiger partial charge in [0.2, 0.25) is 0 Å². The third-order valence-electron chi connectivity index (χ3n) is 3.68. The minimum absolute atomic E-state index is 0.639. The second-order valence-electron chi connectivity index (χ2n) is 5.01. The van der Waals surface area contributed by atoms with Gasteiger partial charge in [-0.3, -0.25) is 9.36 Å². The number of hydrogen-bond donors (Lipinski definition) is 1. The third kappa shape index (κ3) is 2.60. The standard InChI is InChI=1S/C14H22ClN5/c1-5-19-13(14(15)10(3)18-19)8-20-11(4)12(6-7-16)9(2)17-20/h5-8,16H2,1-4H3. The van der Waals surface area contributed by atoms with Gasteiger partial charge in [-0.2, -0.15) is 10.2 Å². The molecule has 0 saturated carbocycles. The molecule has 0 aliphatic rings. The summed E-state index contributed by atoms with van der Waals surface area (Å²) in [5.74, 6) is 0. The lowest BCUT2D eigenvalue weighted by atomic mass is 10.1. The van der Waals surface area contributed by atoms with Crippen molar-refractivity contribution in [2.45, 2.75) is 47.2 Å². The number of hydrogen-bond acceptors (Lipinski definition) is 3. The van der Waals surface area contributed by atoms with Gasteiger partial charge in [-0.05, 0) is 46.2 Å². The lowest BCUT2D eigenvalue weighted by Crippen LogP contribution is -2.11. The van der Waals surface area contributed by atoms with E-state index in [9.17, 15) is 0 Å². The van der Waals surface area contributed by atoms with E-state index in [2.05, 4.69) is 24.0 Å². The molecule has 20 heavy (non-hydrogen) atoms. The van der Waals surface area contributed by atoms with Gasteiger partial charge < -0.3 is 5.73 Å². The van der Waals surface area contributed by atoms with Gasteiger partial charge in [-0.25, -0.2) is 0 Å². The Kier molecular flexibility index (Phi) is 4.50. The molecule has 0 aliphatic heterocycles. The molecule has 2 rings (SSSR count). The zero-order valence-corrected chi connectivity index (χ0v) is 13.3. The molecule has 0 radical (unpaired) electrons. The molecule has 0 bridgehead atoms. The second kappa shape index (κ2) is 5.97. The number of nitrogens with zero attached hydrogens (tertiary/aromatic N) is 4. The SMILES string of the molecule is CCn1nc(C)c(Cl)c1Cn1nc(C)c(CCN)c1C. The van der Waals surface area contributed by atoms with Crippen LogP contribution in [0.5, 0.6) is 0 Å². The van der Waals surface area contributed by atoms with Crippen LogP contribution in [-0.2, 0) is 19.5 Å². The molecule has 0 fully saturated rings. The number of aromatic nitrogens is 4. The molecular formula is C14H22ClN5. The van der Waals surface area contributed by atoms with Crippen LogP contribution in [0, 0.1) is 20.8 Å². The highest BCUT2D eigenvalue weighted by atomic mass is 35.5. The fourth-order valence-electron chi connectivity index (χ4n) is 2.56. The van der Waals surface area contributed by atoms with Gasteiger partial charge in [0.05, 0.1) is 28.6 Å². The predicted molar refractivity (Wildman–Crippen MR) is 81.2 cm³/mol. The van der Waals surface area contributed by atoms with Crippen LogP contribution in [0.4, 0.5) is 0 Å². The summed E-state index contributed by atoms with van der Waals surface area (Å²) in [7, 11) is 0. The fourth-order valence-corrected chi connectivity index (χ4v) is 2.75. The Morgan fingerprint density at radius 3 is 2.35 bits per heavy atom. The highest BCUT2D eigenvalue weighted by molar-refractivity contribution is 6.31. The van der Waals surface area contributed by atoms with Crippen LogP contribution in [0.1, 0.15) is 35.3 Å².